The number of allylic oxidation sites excluding steroid dienone is 4. The van der Waals surface area contributed by atoms with Gasteiger partial charge in [0.2, 0.25) is 0 Å². The van der Waals surface area contributed by atoms with Crippen LogP contribution in [-0.4, -0.2) is 31.2 Å². The van der Waals surface area contributed by atoms with Crippen LogP contribution in [-0.2, 0) is 14.4 Å². The number of methoxy groups -OCH3 is 1. The predicted octanol–water partition coefficient (Wildman–Crippen LogP) is 6.65. The highest BCUT2D eigenvalue weighted by atomic mass is 35.5. The van der Waals surface area contributed by atoms with Crippen molar-refractivity contribution in [3.63, 3.8) is 0 Å². The number of hydrogen-bond donors (Lipinski definition) is 2. The van der Waals surface area contributed by atoms with Crippen molar-refractivity contribution in [3.05, 3.63) is 75.1 Å². The van der Waals surface area contributed by atoms with Crippen LogP contribution in [0.25, 0.3) is 0 Å². The molecule has 0 spiro atoms. The Hall–Kier alpha value is -3.58. The van der Waals surface area contributed by atoms with E-state index in [-0.39, 0.29) is 45.7 Å². The average Bonchev–Trinajstić information content (AvgIpc) is 2.84. The highest BCUT2D eigenvalue weighted by Gasteiger charge is 2.46. The lowest BCUT2D eigenvalue weighted by molar-refractivity contribution is -0.119. The molecule has 2 aromatic rings. The summed E-state index contributed by atoms with van der Waals surface area (Å²) in [5.74, 6) is -0.292. The van der Waals surface area contributed by atoms with Crippen molar-refractivity contribution in [1.82, 2.24) is 5.32 Å². The smallest absolute Gasteiger partial charge is 0.262 e. The van der Waals surface area contributed by atoms with Crippen molar-refractivity contribution < 1.29 is 23.9 Å². The van der Waals surface area contributed by atoms with Gasteiger partial charge >= 0.3 is 0 Å². The van der Waals surface area contributed by atoms with Gasteiger partial charge in [0, 0.05) is 47.0 Å². The molecule has 5 rings (SSSR count). The largest absolute Gasteiger partial charge is 0.493 e. The van der Waals surface area contributed by atoms with Crippen LogP contribution in [0.5, 0.6) is 11.5 Å². The Morgan fingerprint density at radius 1 is 0.976 bits per heavy atom. The maximum Gasteiger partial charge on any atom is 0.262 e. The Bertz CT molecular complexity index is 1470. The molecule has 2 N–H and O–H groups in total. The van der Waals surface area contributed by atoms with Crippen LogP contribution in [0, 0.1) is 17.8 Å². The molecule has 0 saturated heterocycles. The number of ether oxygens (including phenoxy) is 2. The van der Waals surface area contributed by atoms with Gasteiger partial charge in [-0.25, -0.2) is 0 Å². The van der Waals surface area contributed by atoms with E-state index in [1.165, 1.54) is 7.11 Å². The number of carbonyl (C=O) groups is 3. The van der Waals surface area contributed by atoms with E-state index >= 15 is 0 Å². The zero-order valence-corrected chi connectivity index (χ0v) is 25.3. The lowest BCUT2D eigenvalue weighted by atomic mass is 9.64. The van der Waals surface area contributed by atoms with Gasteiger partial charge in [0.1, 0.15) is 0 Å². The van der Waals surface area contributed by atoms with E-state index in [0.29, 0.717) is 53.8 Å². The van der Waals surface area contributed by atoms with E-state index in [4.69, 9.17) is 21.1 Å². The third-order valence-corrected chi connectivity index (χ3v) is 8.23. The van der Waals surface area contributed by atoms with Crippen molar-refractivity contribution in [2.24, 2.45) is 10.8 Å². The van der Waals surface area contributed by atoms with Gasteiger partial charge in [0.25, 0.3) is 5.91 Å². The topological polar surface area (TPSA) is 93.7 Å². The highest BCUT2D eigenvalue weighted by molar-refractivity contribution is 6.32. The van der Waals surface area contributed by atoms with Gasteiger partial charge in [-0.15, -0.1) is 0 Å². The zero-order chi connectivity index (χ0) is 29.7. The lowest BCUT2D eigenvalue weighted by Crippen LogP contribution is -2.42. The molecule has 2 aliphatic carbocycles. The number of carbonyl (C=O) groups excluding carboxylic acids is 3. The fraction of sp³-hybridized carbons (Fsp3) is 0.424. The molecule has 8 heteroatoms. The van der Waals surface area contributed by atoms with Crippen molar-refractivity contribution in [1.29, 1.82) is 0 Å². The van der Waals surface area contributed by atoms with Crippen LogP contribution in [0.15, 0.2) is 58.9 Å². The second-order valence-electron chi connectivity index (χ2n) is 13.0. The molecule has 1 aliphatic heterocycles. The first-order chi connectivity index (χ1) is 19.3. The summed E-state index contributed by atoms with van der Waals surface area (Å²) >= 11 is 6.76. The molecule has 0 unspecified atom stereocenters. The van der Waals surface area contributed by atoms with E-state index < -0.39 is 5.92 Å². The first-order valence-corrected chi connectivity index (χ1v) is 14.3. The second-order valence-corrected chi connectivity index (χ2v) is 13.4. The SMILES string of the molecule is COc1cc(C2C3=C(CC(C)(C)CC3=O)NC3=C2C(=O)CC(C)(C)C3)cc(Cl)c1OCC(=O)Nc1cccc(C)c1. The van der Waals surface area contributed by atoms with Crippen LogP contribution in [0.3, 0.4) is 0 Å². The van der Waals surface area contributed by atoms with Crippen LogP contribution < -0.4 is 20.1 Å². The maximum atomic E-state index is 13.6. The Kier molecular flexibility index (Phi) is 7.53. The third-order valence-electron chi connectivity index (χ3n) is 7.95. The van der Waals surface area contributed by atoms with Gasteiger partial charge in [-0.1, -0.05) is 51.4 Å². The molecular weight excluding hydrogens is 540 g/mol. The fourth-order valence-electron chi connectivity index (χ4n) is 6.33. The van der Waals surface area contributed by atoms with E-state index in [9.17, 15) is 14.4 Å². The van der Waals surface area contributed by atoms with Gasteiger partial charge in [-0.2, -0.15) is 0 Å². The number of benzene rings is 2. The van der Waals surface area contributed by atoms with Crippen molar-refractivity contribution in [3.8, 4) is 11.5 Å². The number of nitrogens with one attached hydrogen (secondary N) is 2. The first kappa shape index (κ1) is 28.9. The number of aryl methyl sites for hydroxylation is 1. The third kappa shape index (κ3) is 5.91. The number of Topliss-reactive ketones (excluding diaryl/α,β-unsaturated/α-hetero) is 2. The van der Waals surface area contributed by atoms with E-state index in [1.807, 2.05) is 25.1 Å². The monoisotopic (exact) mass is 576 g/mol. The lowest BCUT2D eigenvalue weighted by Gasteiger charge is -2.44. The fourth-order valence-corrected chi connectivity index (χ4v) is 6.60. The Morgan fingerprint density at radius 2 is 1.59 bits per heavy atom. The molecule has 0 bridgehead atoms. The predicted molar refractivity (Wildman–Crippen MR) is 159 cm³/mol. The molecule has 0 saturated carbocycles. The van der Waals surface area contributed by atoms with Crippen LogP contribution >= 0.6 is 11.6 Å². The summed E-state index contributed by atoms with van der Waals surface area (Å²) in [6, 6.07) is 11.0. The van der Waals surface area contributed by atoms with Crippen LogP contribution in [0.2, 0.25) is 5.02 Å². The molecule has 41 heavy (non-hydrogen) atoms. The van der Waals surface area contributed by atoms with Crippen molar-refractivity contribution in [2.75, 3.05) is 19.0 Å². The number of amides is 1. The minimum Gasteiger partial charge on any atom is -0.493 e. The zero-order valence-electron chi connectivity index (χ0n) is 24.5. The number of anilines is 1. The summed E-state index contributed by atoms with van der Waals surface area (Å²) in [6.07, 6.45) is 2.21. The van der Waals surface area contributed by atoms with E-state index in [2.05, 4.69) is 38.3 Å². The molecule has 3 aliphatic rings. The number of dihydropyridines is 1. The van der Waals surface area contributed by atoms with Crippen LogP contribution in [0.1, 0.15) is 70.4 Å². The van der Waals surface area contributed by atoms with Crippen LogP contribution in [0.4, 0.5) is 5.69 Å². The highest BCUT2D eigenvalue weighted by Crippen LogP contribution is 2.52. The summed E-state index contributed by atoms with van der Waals surface area (Å²) in [5.41, 5.74) is 5.02. The van der Waals surface area contributed by atoms with Gasteiger partial charge in [0.15, 0.2) is 29.7 Å². The number of halogens is 1. The summed E-state index contributed by atoms with van der Waals surface area (Å²) in [4.78, 5) is 39.9. The number of rotatable bonds is 6. The summed E-state index contributed by atoms with van der Waals surface area (Å²) in [5, 5.41) is 6.57. The summed E-state index contributed by atoms with van der Waals surface area (Å²) < 4.78 is 11.5. The Labute approximate surface area is 246 Å². The average molecular weight is 577 g/mol. The normalized spacial score (nSPS) is 19.8. The Morgan fingerprint density at radius 3 is 2.15 bits per heavy atom. The van der Waals surface area contributed by atoms with Crippen molar-refractivity contribution in [2.45, 2.75) is 66.2 Å². The maximum absolute atomic E-state index is 13.6. The van der Waals surface area contributed by atoms with Gasteiger partial charge < -0.3 is 20.1 Å². The molecule has 0 aromatic heterocycles. The molecule has 0 atom stereocenters. The minimum absolute atomic E-state index is 0.0289. The molecular formula is C33H37ClN2O5. The van der Waals surface area contributed by atoms with E-state index in [1.54, 1.807) is 18.2 Å². The Balaban J connectivity index is 1.50. The van der Waals surface area contributed by atoms with Crippen molar-refractivity contribution >= 4 is 34.8 Å². The summed E-state index contributed by atoms with van der Waals surface area (Å²) in [6.45, 7) is 10.0. The quantitative estimate of drug-likeness (QED) is 0.400. The summed E-state index contributed by atoms with van der Waals surface area (Å²) in [7, 11) is 1.50. The van der Waals surface area contributed by atoms with Gasteiger partial charge in [0.05, 0.1) is 12.1 Å². The minimum atomic E-state index is -0.557. The first-order valence-electron chi connectivity index (χ1n) is 13.9. The molecule has 0 fully saturated rings. The van der Waals surface area contributed by atoms with Gasteiger partial charge in [-0.3, -0.25) is 14.4 Å². The second kappa shape index (κ2) is 10.7. The van der Waals surface area contributed by atoms with Gasteiger partial charge in [-0.05, 0) is 66.0 Å². The van der Waals surface area contributed by atoms with E-state index in [0.717, 1.165) is 17.0 Å². The molecule has 1 heterocycles. The number of ketones is 2. The molecule has 216 valence electrons. The number of hydrogen-bond acceptors (Lipinski definition) is 6. The molecule has 7 nitrogen and oxygen atoms in total. The standard InChI is InChI=1S/C33H37ClN2O5/c1-18-8-7-9-20(10-18)35-27(39)17-41-31-21(34)11-19(12-26(31)40-6)28-29-22(13-32(2,3)15-24(29)37)36-23-14-33(4,5)16-25(38)30(23)28/h7-12,28,36H,13-17H2,1-6H3,(H,35,39). The molecule has 2 aromatic carbocycles. The molecule has 0 radical (unpaired) electrons. The molecule has 1 amide bonds.